The van der Waals surface area contributed by atoms with E-state index in [0.29, 0.717) is 5.69 Å². The van der Waals surface area contributed by atoms with E-state index in [1.54, 1.807) is 12.1 Å². The maximum Gasteiger partial charge on any atom is 0.406 e. The van der Waals surface area contributed by atoms with Gasteiger partial charge in [-0.3, -0.25) is 4.79 Å². The van der Waals surface area contributed by atoms with Gasteiger partial charge in [0.2, 0.25) is 5.75 Å². The number of benzene rings is 1. The summed E-state index contributed by atoms with van der Waals surface area (Å²) in [4.78, 5) is 25.4. The van der Waals surface area contributed by atoms with Crippen molar-refractivity contribution in [1.29, 1.82) is 0 Å². The molecule has 0 radical (unpaired) electrons. The number of ether oxygens (including phenoxy) is 1. The van der Waals surface area contributed by atoms with Crippen LogP contribution in [0.2, 0.25) is 0 Å². The Morgan fingerprint density at radius 1 is 1.38 bits per heavy atom. The van der Waals surface area contributed by atoms with Crippen molar-refractivity contribution in [2.75, 3.05) is 11.9 Å². The van der Waals surface area contributed by atoms with Crippen LogP contribution in [0.1, 0.15) is 0 Å². The van der Waals surface area contributed by atoms with Crippen LogP contribution in [0, 0.1) is 13.7 Å². The fraction of sp³-hybridized carbons (Fsp3) is 0.0769. The third kappa shape index (κ3) is 4.38. The zero-order valence-corrected chi connectivity index (χ0v) is 12.8. The molecule has 2 aromatic rings. The summed E-state index contributed by atoms with van der Waals surface area (Å²) in [6, 6.07) is 10.1. The van der Waals surface area contributed by atoms with Gasteiger partial charge in [-0.1, -0.05) is 6.07 Å². The Morgan fingerprint density at radius 3 is 2.90 bits per heavy atom. The molecule has 1 amide bonds. The molecule has 2 rings (SSSR count). The van der Waals surface area contributed by atoms with Gasteiger partial charge in [0.1, 0.15) is 6.20 Å². The molecule has 0 spiro atoms. The van der Waals surface area contributed by atoms with Crippen molar-refractivity contribution >= 4 is 40.0 Å². The second-order valence-electron chi connectivity index (χ2n) is 3.93. The summed E-state index contributed by atoms with van der Waals surface area (Å²) in [6.07, 6.45) is 1.29. The molecule has 0 saturated carbocycles. The third-order valence-electron chi connectivity index (χ3n) is 2.39. The molecule has 0 aliphatic rings. The molecule has 0 unspecified atom stereocenters. The molecule has 0 atom stereocenters. The van der Waals surface area contributed by atoms with E-state index in [-0.39, 0.29) is 12.4 Å². The Balaban J connectivity index is 1.97. The first-order valence-corrected chi connectivity index (χ1v) is 6.92. The van der Waals surface area contributed by atoms with Gasteiger partial charge < -0.3 is 20.2 Å². The number of carbonyl (C=O) groups is 1. The molecular formula is C13H10IN3O4. The molecule has 0 bridgehead atoms. The quantitative estimate of drug-likeness (QED) is 0.474. The van der Waals surface area contributed by atoms with Crippen molar-refractivity contribution in [2.45, 2.75) is 0 Å². The summed E-state index contributed by atoms with van der Waals surface area (Å²) in [5.74, 6) is -0.866. The Labute approximate surface area is 133 Å². The van der Waals surface area contributed by atoms with Crippen molar-refractivity contribution in [3.63, 3.8) is 0 Å². The fourth-order valence-electron chi connectivity index (χ4n) is 1.54. The summed E-state index contributed by atoms with van der Waals surface area (Å²) >= 11 is 2.13. The van der Waals surface area contributed by atoms with E-state index in [4.69, 9.17) is 4.74 Å². The number of carbonyl (C=O) groups excluding carboxylic acids is 1. The topological polar surface area (TPSA) is 94.4 Å². The monoisotopic (exact) mass is 399 g/mol. The Morgan fingerprint density at radius 2 is 2.19 bits per heavy atom. The van der Waals surface area contributed by atoms with E-state index in [1.165, 1.54) is 18.3 Å². The zero-order valence-electron chi connectivity index (χ0n) is 10.7. The van der Waals surface area contributed by atoms with Crippen LogP contribution in [0.3, 0.4) is 0 Å². The third-order valence-corrected chi connectivity index (χ3v) is 3.06. The molecule has 1 N–H and O–H groups in total. The van der Waals surface area contributed by atoms with Crippen molar-refractivity contribution in [3.05, 3.63) is 56.3 Å². The van der Waals surface area contributed by atoms with E-state index in [2.05, 4.69) is 32.9 Å². The number of nitrogens with zero attached hydrogens (tertiary/aromatic N) is 2. The molecule has 0 aliphatic heterocycles. The van der Waals surface area contributed by atoms with Gasteiger partial charge in [0.15, 0.2) is 6.61 Å². The van der Waals surface area contributed by atoms with E-state index in [1.807, 2.05) is 12.1 Å². The molecule has 0 saturated heterocycles. The van der Waals surface area contributed by atoms with E-state index in [9.17, 15) is 14.9 Å². The minimum atomic E-state index is -0.660. The maximum absolute atomic E-state index is 11.7. The second kappa shape index (κ2) is 6.97. The van der Waals surface area contributed by atoms with Gasteiger partial charge >= 0.3 is 5.82 Å². The first-order valence-electron chi connectivity index (χ1n) is 5.84. The van der Waals surface area contributed by atoms with Crippen LogP contribution >= 0.6 is 22.6 Å². The summed E-state index contributed by atoms with van der Waals surface area (Å²) < 4.78 is 6.13. The highest BCUT2D eigenvalue weighted by molar-refractivity contribution is 14.1. The van der Waals surface area contributed by atoms with Crippen LogP contribution in [0.5, 0.6) is 5.75 Å². The molecule has 7 nitrogen and oxygen atoms in total. The molecule has 21 heavy (non-hydrogen) atoms. The number of halogens is 1. The molecule has 0 fully saturated rings. The summed E-state index contributed by atoms with van der Waals surface area (Å²) in [5, 5.41) is 13.4. The first-order chi connectivity index (χ1) is 10.1. The molecule has 0 aliphatic carbocycles. The minimum absolute atomic E-state index is 0.0414. The van der Waals surface area contributed by atoms with Gasteiger partial charge in [-0.05, 0) is 62.8 Å². The number of hydrogen-bond acceptors (Lipinski definition) is 5. The van der Waals surface area contributed by atoms with Crippen LogP contribution in [-0.2, 0) is 4.79 Å². The number of amides is 1. The standard InChI is InChI=1S/C13H10IN3O4/c14-9-3-1-4-10(7-9)16-12(18)8-21-11-5-2-6-15-13(11)17(19)20/h1-7H,8H2,(H,16,18). The van der Waals surface area contributed by atoms with Crippen molar-refractivity contribution in [2.24, 2.45) is 0 Å². The van der Waals surface area contributed by atoms with Crippen molar-refractivity contribution in [1.82, 2.24) is 4.98 Å². The van der Waals surface area contributed by atoms with Crippen LogP contribution in [-0.4, -0.2) is 22.4 Å². The Kier molecular flexibility index (Phi) is 5.04. The lowest BCUT2D eigenvalue weighted by Crippen LogP contribution is -2.20. The van der Waals surface area contributed by atoms with Crippen molar-refractivity contribution in [3.8, 4) is 5.75 Å². The molecule has 1 heterocycles. The largest absolute Gasteiger partial charge is 0.476 e. The molecule has 1 aromatic heterocycles. The number of pyridine rings is 1. The summed E-state index contributed by atoms with van der Waals surface area (Å²) in [5.41, 5.74) is 0.635. The number of nitrogens with one attached hydrogen (secondary N) is 1. The molecular weight excluding hydrogens is 389 g/mol. The van der Waals surface area contributed by atoms with E-state index < -0.39 is 16.6 Å². The predicted octanol–water partition coefficient (Wildman–Crippen LogP) is 2.61. The normalized spacial score (nSPS) is 9.95. The van der Waals surface area contributed by atoms with Crippen LogP contribution < -0.4 is 10.1 Å². The van der Waals surface area contributed by atoms with Gasteiger partial charge in [-0.25, -0.2) is 0 Å². The van der Waals surface area contributed by atoms with Gasteiger partial charge in [0, 0.05) is 9.26 Å². The van der Waals surface area contributed by atoms with Gasteiger partial charge in [-0.2, -0.15) is 0 Å². The average molecular weight is 399 g/mol. The molecule has 108 valence electrons. The second-order valence-corrected chi connectivity index (χ2v) is 5.18. The summed E-state index contributed by atoms with van der Waals surface area (Å²) in [7, 11) is 0. The van der Waals surface area contributed by atoms with Gasteiger partial charge in [0.25, 0.3) is 5.91 Å². The highest BCUT2D eigenvalue weighted by Crippen LogP contribution is 2.22. The van der Waals surface area contributed by atoms with Gasteiger partial charge in [0.05, 0.1) is 0 Å². The van der Waals surface area contributed by atoms with Crippen molar-refractivity contribution < 1.29 is 14.5 Å². The van der Waals surface area contributed by atoms with Gasteiger partial charge in [-0.15, -0.1) is 0 Å². The number of anilines is 1. The van der Waals surface area contributed by atoms with Crippen LogP contribution in [0.25, 0.3) is 0 Å². The average Bonchev–Trinajstić information content (AvgIpc) is 2.45. The van der Waals surface area contributed by atoms with Crippen LogP contribution in [0.15, 0.2) is 42.6 Å². The lowest BCUT2D eigenvalue weighted by Gasteiger charge is -2.07. The first kappa shape index (κ1) is 15.2. The zero-order chi connectivity index (χ0) is 15.2. The minimum Gasteiger partial charge on any atom is -0.476 e. The SMILES string of the molecule is O=C(COc1cccnc1[N+](=O)[O-])Nc1cccc(I)c1. The van der Waals surface area contributed by atoms with E-state index >= 15 is 0 Å². The highest BCUT2D eigenvalue weighted by atomic mass is 127. The number of nitro groups is 1. The smallest absolute Gasteiger partial charge is 0.406 e. The molecule has 1 aromatic carbocycles. The number of hydrogen-bond donors (Lipinski definition) is 1. The summed E-state index contributed by atoms with van der Waals surface area (Å²) in [6.45, 7) is -0.335. The maximum atomic E-state index is 11.7. The Hall–Kier alpha value is -2.23. The Bertz CT molecular complexity index is 678. The predicted molar refractivity (Wildman–Crippen MR) is 84.2 cm³/mol. The number of rotatable bonds is 5. The lowest BCUT2D eigenvalue weighted by atomic mass is 10.3. The fourth-order valence-corrected chi connectivity index (χ4v) is 2.08. The van der Waals surface area contributed by atoms with Crippen LogP contribution in [0.4, 0.5) is 11.5 Å². The number of aromatic nitrogens is 1. The molecule has 8 heteroatoms. The lowest BCUT2D eigenvalue weighted by molar-refractivity contribution is -0.390. The van der Waals surface area contributed by atoms with E-state index in [0.717, 1.165) is 3.57 Å². The highest BCUT2D eigenvalue weighted by Gasteiger charge is 2.16.